The molecule has 1 unspecified atom stereocenters. The lowest BCUT2D eigenvalue weighted by Gasteiger charge is -2.21. The summed E-state index contributed by atoms with van der Waals surface area (Å²) in [7, 11) is 3.30. The average Bonchev–Trinajstić information content (AvgIpc) is 2.41. The topological polar surface area (TPSA) is 21.3 Å². The number of hydrogen-bond donors (Lipinski definition) is 1. The van der Waals surface area contributed by atoms with Gasteiger partial charge in [0.25, 0.3) is 0 Å². The molecule has 1 atom stereocenters. The molecule has 21 heavy (non-hydrogen) atoms. The Morgan fingerprint density at radius 3 is 2.43 bits per heavy atom. The van der Waals surface area contributed by atoms with E-state index in [9.17, 15) is 4.39 Å². The molecule has 0 aliphatic carbocycles. The highest BCUT2D eigenvalue weighted by atomic mass is 79.9. The van der Waals surface area contributed by atoms with E-state index in [0.717, 1.165) is 5.56 Å². The smallest absolute Gasteiger partial charge is 0.138 e. The molecule has 2 aromatic rings. The standard InChI is InChI=1S/C15H13BrCl2FNO/c1-20-14(10-4-3-8(17)7-13(10)19)11-5-9(18)6-12(16)15(11)21-2/h3-7,14,20H,1-2H3. The van der Waals surface area contributed by atoms with Gasteiger partial charge in [-0.3, -0.25) is 0 Å². The predicted octanol–water partition coefficient (Wildman–Crippen LogP) is 5.21. The second-order valence-corrected chi connectivity index (χ2v) is 6.12. The lowest BCUT2D eigenvalue weighted by atomic mass is 9.97. The van der Waals surface area contributed by atoms with Crippen LogP contribution in [0.3, 0.4) is 0 Å². The third-order valence-electron chi connectivity index (χ3n) is 3.11. The molecule has 2 nitrogen and oxygen atoms in total. The zero-order chi connectivity index (χ0) is 15.6. The highest BCUT2D eigenvalue weighted by molar-refractivity contribution is 9.10. The van der Waals surface area contributed by atoms with Crippen molar-refractivity contribution in [3.05, 3.63) is 61.8 Å². The predicted molar refractivity (Wildman–Crippen MR) is 88.0 cm³/mol. The fourth-order valence-electron chi connectivity index (χ4n) is 2.22. The van der Waals surface area contributed by atoms with Crippen LogP contribution in [0.15, 0.2) is 34.8 Å². The van der Waals surface area contributed by atoms with Crippen molar-refractivity contribution in [3.63, 3.8) is 0 Å². The molecule has 0 saturated heterocycles. The molecular formula is C15H13BrCl2FNO. The summed E-state index contributed by atoms with van der Waals surface area (Å²) in [6.07, 6.45) is 0. The molecule has 2 rings (SSSR count). The second-order valence-electron chi connectivity index (χ2n) is 4.40. The molecule has 0 aliphatic rings. The van der Waals surface area contributed by atoms with E-state index >= 15 is 0 Å². The fourth-order valence-corrected chi connectivity index (χ4v) is 3.38. The summed E-state index contributed by atoms with van der Waals surface area (Å²) < 4.78 is 20.3. The van der Waals surface area contributed by atoms with E-state index in [-0.39, 0.29) is 5.82 Å². The number of nitrogens with one attached hydrogen (secondary N) is 1. The molecule has 6 heteroatoms. The van der Waals surface area contributed by atoms with E-state index in [4.69, 9.17) is 27.9 Å². The number of ether oxygens (including phenoxy) is 1. The van der Waals surface area contributed by atoms with Crippen molar-refractivity contribution in [3.8, 4) is 5.75 Å². The molecule has 1 N–H and O–H groups in total. The number of halogens is 4. The largest absolute Gasteiger partial charge is 0.495 e. The first-order valence-corrected chi connectivity index (χ1v) is 7.68. The number of benzene rings is 2. The van der Waals surface area contributed by atoms with Gasteiger partial charge in [0.1, 0.15) is 11.6 Å². The fraction of sp³-hybridized carbons (Fsp3) is 0.200. The van der Waals surface area contributed by atoms with Gasteiger partial charge in [-0.1, -0.05) is 29.3 Å². The Kier molecular flexibility index (Phi) is 5.49. The maximum Gasteiger partial charge on any atom is 0.138 e. The van der Waals surface area contributed by atoms with Gasteiger partial charge >= 0.3 is 0 Å². The van der Waals surface area contributed by atoms with Crippen LogP contribution in [0.25, 0.3) is 0 Å². The summed E-state index contributed by atoms with van der Waals surface area (Å²) in [5, 5.41) is 3.97. The SMILES string of the molecule is CNC(c1ccc(Cl)cc1F)c1cc(Cl)cc(Br)c1OC. The van der Waals surface area contributed by atoms with Crippen LogP contribution >= 0.6 is 39.1 Å². The summed E-state index contributed by atoms with van der Waals surface area (Å²) in [4.78, 5) is 0. The Hall–Kier alpha value is -0.810. The summed E-state index contributed by atoms with van der Waals surface area (Å²) >= 11 is 15.3. The highest BCUT2D eigenvalue weighted by Crippen LogP contribution is 2.39. The molecule has 0 radical (unpaired) electrons. The normalized spacial score (nSPS) is 12.3. The Labute approximate surface area is 141 Å². The summed E-state index contributed by atoms with van der Waals surface area (Å²) in [5.41, 5.74) is 1.20. The third-order valence-corrected chi connectivity index (χ3v) is 4.16. The van der Waals surface area contributed by atoms with Crippen LogP contribution in [-0.2, 0) is 0 Å². The van der Waals surface area contributed by atoms with E-state index in [2.05, 4.69) is 21.2 Å². The third kappa shape index (κ3) is 3.51. The maximum absolute atomic E-state index is 14.2. The maximum atomic E-state index is 14.2. The molecule has 0 spiro atoms. The van der Waals surface area contributed by atoms with Crippen molar-refractivity contribution in [2.24, 2.45) is 0 Å². The van der Waals surface area contributed by atoms with Gasteiger partial charge in [-0.15, -0.1) is 0 Å². The van der Waals surface area contributed by atoms with Gasteiger partial charge < -0.3 is 10.1 Å². The number of hydrogen-bond acceptors (Lipinski definition) is 2. The van der Waals surface area contributed by atoms with Crippen molar-refractivity contribution < 1.29 is 9.13 Å². The number of methoxy groups -OCH3 is 1. The molecule has 0 amide bonds. The lowest BCUT2D eigenvalue weighted by molar-refractivity contribution is 0.402. The molecule has 0 bridgehead atoms. The minimum absolute atomic E-state index is 0.352. The monoisotopic (exact) mass is 391 g/mol. The first-order valence-electron chi connectivity index (χ1n) is 6.13. The average molecular weight is 393 g/mol. The van der Waals surface area contributed by atoms with Crippen LogP contribution in [0.5, 0.6) is 5.75 Å². The Balaban J connectivity index is 2.61. The van der Waals surface area contributed by atoms with E-state index in [1.165, 1.54) is 6.07 Å². The van der Waals surface area contributed by atoms with Gasteiger partial charge in [0.2, 0.25) is 0 Å². The van der Waals surface area contributed by atoms with E-state index in [0.29, 0.717) is 25.8 Å². The molecule has 0 fully saturated rings. The van der Waals surface area contributed by atoms with Crippen LogP contribution in [0.4, 0.5) is 4.39 Å². The van der Waals surface area contributed by atoms with Crippen LogP contribution in [0.1, 0.15) is 17.2 Å². The highest BCUT2D eigenvalue weighted by Gasteiger charge is 2.22. The Morgan fingerprint density at radius 1 is 1.14 bits per heavy atom. The van der Waals surface area contributed by atoms with Crippen LogP contribution in [-0.4, -0.2) is 14.2 Å². The van der Waals surface area contributed by atoms with Crippen LogP contribution < -0.4 is 10.1 Å². The van der Waals surface area contributed by atoms with E-state index in [1.54, 1.807) is 38.4 Å². The second kappa shape index (κ2) is 6.97. The quantitative estimate of drug-likeness (QED) is 0.770. The molecule has 112 valence electrons. The van der Waals surface area contributed by atoms with Gasteiger partial charge in [-0.05, 0) is 47.2 Å². The first-order chi connectivity index (χ1) is 9.97. The van der Waals surface area contributed by atoms with Crippen molar-refractivity contribution >= 4 is 39.1 Å². The van der Waals surface area contributed by atoms with Crippen LogP contribution in [0, 0.1) is 5.82 Å². The summed E-state index contributed by atoms with van der Waals surface area (Å²) in [5.74, 6) is 0.216. The van der Waals surface area contributed by atoms with Gasteiger partial charge in [0.05, 0.1) is 17.6 Å². The lowest BCUT2D eigenvalue weighted by Crippen LogP contribution is -2.20. The number of rotatable bonds is 4. The van der Waals surface area contributed by atoms with Gasteiger partial charge in [-0.25, -0.2) is 4.39 Å². The zero-order valence-corrected chi connectivity index (χ0v) is 14.5. The molecule has 0 saturated carbocycles. The zero-order valence-electron chi connectivity index (χ0n) is 11.4. The van der Waals surface area contributed by atoms with Crippen molar-refractivity contribution in [2.75, 3.05) is 14.2 Å². The van der Waals surface area contributed by atoms with Gasteiger partial charge in [-0.2, -0.15) is 0 Å². The van der Waals surface area contributed by atoms with Crippen molar-refractivity contribution in [1.82, 2.24) is 5.32 Å². The molecule has 2 aromatic carbocycles. The first kappa shape index (κ1) is 16.6. The van der Waals surface area contributed by atoms with Crippen molar-refractivity contribution in [1.29, 1.82) is 0 Å². The Morgan fingerprint density at radius 2 is 1.86 bits per heavy atom. The minimum Gasteiger partial charge on any atom is -0.495 e. The molecule has 0 heterocycles. The van der Waals surface area contributed by atoms with Gasteiger partial charge in [0, 0.05) is 21.2 Å². The van der Waals surface area contributed by atoms with E-state index in [1.807, 2.05) is 0 Å². The summed E-state index contributed by atoms with van der Waals surface area (Å²) in [6.45, 7) is 0. The molecule has 0 aromatic heterocycles. The molecule has 0 aliphatic heterocycles. The van der Waals surface area contributed by atoms with Crippen molar-refractivity contribution in [2.45, 2.75) is 6.04 Å². The van der Waals surface area contributed by atoms with Gasteiger partial charge in [0.15, 0.2) is 0 Å². The van der Waals surface area contributed by atoms with Crippen LogP contribution in [0.2, 0.25) is 10.0 Å². The molecular weight excluding hydrogens is 380 g/mol. The Bertz CT molecular complexity index is 666. The van der Waals surface area contributed by atoms with E-state index < -0.39 is 6.04 Å². The minimum atomic E-state index is -0.410. The summed E-state index contributed by atoms with van der Waals surface area (Å²) in [6, 6.07) is 7.65.